The van der Waals surface area contributed by atoms with Crippen LogP contribution in [0, 0.1) is 17.9 Å². The van der Waals surface area contributed by atoms with Gasteiger partial charge in [0.2, 0.25) is 0 Å². The summed E-state index contributed by atoms with van der Waals surface area (Å²) in [7, 11) is 0. The zero-order valence-electron chi connectivity index (χ0n) is 27.3. The average molecular weight is 675 g/mol. The molecule has 0 bridgehead atoms. The number of fused-ring (bicyclic) bond motifs is 7. The topological polar surface area (TPSA) is 43.6 Å². The molecule has 0 radical (unpaired) electrons. The van der Waals surface area contributed by atoms with Crippen LogP contribution >= 0.6 is 11.3 Å². The Hall–Kier alpha value is -6.42. The predicted molar refractivity (Wildman–Crippen MR) is 206 cm³/mol. The van der Waals surface area contributed by atoms with Crippen molar-refractivity contribution in [1.82, 2.24) is 19.5 Å². The van der Waals surface area contributed by atoms with Gasteiger partial charge >= 0.3 is 0 Å². The van der Waals surface area contributed by atoms with Crippen molar-refractivity contribution in [1.29, 1.82) is 0 Å². The first kappa shape index (κ1) is 29.5. The second-order valence-corrected chi connectivity index (χ2v) is 13.8. The van der Waals surface area contributed by atoms with Gasteiger partial charge in [-0.15, -0.1) is 11.3 Å². The number of rotatable bonds is 5. The Kier molecular flexibility index (Phi) is 6.87. The van der Waals surface area contributed by atoms with E-state index in [1.807, 2.05) is 72.0 Å². The standard InChI is InChI=1S/C45H27FN4S/c46-32-22-19-28(20-23-32)36-27-31(45-48-43(29-11-3-1-4-12-29)47-44(49-45)30-13-5-2-6-14-30)21-25-38(36)50-37-17-9-7-15-33(37)34-24-26-40-41(42(34)50)35-16-8-10-18-39(35)51-40/h1-8,10-16,18-19,21-22,24-27H,9,17H2. The Morgan fingerprint density at radius 3 is 2.06 bits per heavy atom. The Labute approximate surface area is 297 Å². The SMILES string of the molecule is Fc1c#cc(-c2cc(-c3nc(-c4ccccc4)nc(-c4ccccc4)n3)ccc2-n2c3c(c4ccc5sc6ccccc6c5c42)C=CCC3)cc1. The molecule has 0 spiro atoms. The Balaban J connectivity index is 1.26. The van der Waals surface area contributed by atoms with Gasteiger partial charge in [0.05, 0.1) is 11.2 Å². The molecule has 6 aromatic carbocycles. The van der Waals surface area contributed by atoms with Gasteiger partial charge < -0.3 is 4.57 Å². The van der Waals surface area contributed by atoms with Crippen molar-refractivity contribution >= 4 is 48.5 Å². The number of halogens is 1. The van der Waals surface area contributed by atoms with Gasteiger partial charge in [-0.1, -0.05) is 103 Å². The van der Waals surface area contributed by atoms with E-state index in [0.717, 1.165) is 46.3 Å². The van der Waals surface area contributed by atoms with Gasteiger partial charge in [0, 0.05) is 64.6 Å². The summed E-state index contributed by atoms with van der Waals surface area (Å²) < 4.78 is 19.3. The summed E-state index contributed by atoms with van der Waals surface area (Å²) in [5.74, 6) is 1.29. The Bertz CT molecular complexity index is 2740. The van der Waals surface area contributed by atoms with E-state index in [1.165, 1.54) is 48.4 Å². The van der Waals surface area contributed by atoms with E-state index in [2.05, 4.69) is 83.4 Å². The van der Waals surface area contributed by atoms with E-state index >= 15 is 0 Å². The Morgan fingerprint density at radius 2 is 1.33 bits per heavy atom. The molecule has 0 saturated carbocycles. The number of benzene rings is 5. The van der Waals surface area contributed by atoms with Gasteiger partial charge in [-0.25, -0.2) is 15.0 Å². The molecular weight excluding hydrogens is 648 g/mol. The Morgan fingerprint density at radius 1 is 0.627 bits per heavy atom. The average Bonchev–Trinajstić information content (AvgIpc) is 3.74. The van der Waals surface area contributed by atoms with E-state index in [0.29, 0.717) is 17.5 Å². The first-order valence-electron chi connectivity index (χ1n) is 17.0. The van der Waals surface area contributed by atoms with E-state index in [1.54, 1.807) is 6.07 Å². The maximum absolute atomic E-state index is 14.3. The summed E-state index contributed by atoms with van der Waals surface area (Å²) in [6, 6.07) is 48.5. The van der Waals surface area contributed by atoms with Crippen LogP contribution in [0.4, 0.5) is 4.39 Å². The highest BCUT2D eigenvalue weighted by Gasteiger charge is 2.25. The number of allylic oxidation sites excluding steroid dienone is 1. The summed E-state index contributed by atoms with van der Waals surface area (Å²) >= 11 is 1.82. The molecule has 3 aromatic heterocycles. The van der Waals surface area contributed by atoms with Crippen LogP contribution < -0.4 is 0 Å². The molecule has 0 amide bonds. The van der Waals surface area contributed by atoms with Gasteiger partial charge in [0.15, 0.2) is 23.3 Å². The van der Waals surface area contributed by atoms with Crippen LogP contribution in [0.25, 0.3) is 88.1 Å². The maximum Gasteiger partial charge on any atom is 0.173 e. The third-order valence-corrected chi connectivity index (χ3v) is 10.8. The van der Waals surface area contributed by atoms with Crippen LogP contribution in [0.1, 0.15) is 17.7 Å². The number of nitrogens with zero attached hydrogens (tertiary/aromatic N) is 4. The van der Waals surface area contributed by atoms with Crippen molar-refractivity contribution < 1.29 is 4.39 Å². The van der Waals surface area contributed by atoms with Crippen molar-refractivity contribution in [2.45, 2.75) is 12.8 Å². The molecule has 51 heavy (non-hydrogen) atoms. The number of hydrogen-bond acceptors (Lipinski definition) is 4. The molecule has 3 heterocycles. The van der Waals surface area contributed by atoms with Crippen molar-refractivity contribution in [3.63, 3.8) is 0 Å². The summed E-state index contributed by atoms with van der Waals surface area (Å²) in [6.45, 7) is 0. The lowest BCUT2D eigenvalue weighted by molar-refractivity contribution is 0.629. The summed E-state index contributed by atoms with van der Waals surface area (Å²) in [6.07, 6.45) is 6.39. The quantitative estimate of drug-likeness (QED) is 0.182. The van der Waals surface area contributed by atoms with Crippen LogP contribution in [0.3, 0.4) is 0 Å². The molecule has 0 saturated heterocycles. The highest BCUT2D eigenvalue weighted by atomic mass is 32.1. The number of hydrogen-bond donors (Lipinski definition) is 0. The second-order valence-electron chi connectivity index (χ2n) is 12.7. The molecule has 1 aliphatic rings. The molecule has 0 N–H and O–H groups in total. The van der Waals surface area contributed by atoms with Crippen molar-refractivity contribution in [2.75, 3.05) is 0 Å². The monoisotopic (exact) mass is 674 g/mol. The summed E-state index contributed by atoms with van der Waals surface area (Å²) in [4.78, 5) is 14.9. The van der Waals surface area contributed by atoms with Gasteiger partial charge in [0.1, 0.15) is 0 Å². The summed E-state index contributed by atoms with van der Waals surface area (Å²) in [5.41, 5.74) is 8.92. The molecule has 0 atom stereocenters. The molecule has 10 rings (SSSR count). The van der Waals surface area contributed by atoms with Gasteiger partial charge in [-0.2, -0.15) is 4.39 Å². The van der Waals surface area contributed by atoms with E-state index in [9.17, 15) is 4.39 Å². The molecule has 0 fully saturated rings. The van der Waals surface area contributed by atoms with Gasteiger partial charge in [0.25, 0.3) is 0 Å². The van der Waals surface area contributed by atoms with Gasteiger partial charge in [-0.3, -0.25) is 0 Å². The highest BCUT2D eigenvalue weighted by molar-refractivity contribution is 7.26. The lowest BCUT2D eigenvalue weighted by atomic mass is 10.00. The maximum atomic E-state index is 14.3. The minimum atomic E-state index is -0.450. The fraction of sp³-hybridized carbons (Fsp3) is 0.0444. The largest absolute Gasteiger partial charge is 0.312 e. The molecule has 0 aliphatic heterocycles. The second kappa shape index (κ2) is 11.9. The normalized spacial score (nSPS) is 12.4. The van der Waals surface area contributed by atoms with E-state index < -0.39 is 5.82 Å². The minimum absolute atomic E-state index is 0.450. The molecular formula is C45H27FN4S. The lowest BCUT2D eigenvalue weighted by Crippen LogP contribution is -2.05. The summed E-state index contributed by atoms with van der Waals surface area (Å²) in [5, 5.41) is 3.72. The van der Waals surface area contributed by atoms with Crippen LogP contribution in [-0.2, 0) is 6.42 Å². The van der Waals surface area contributed by atoms with Crippen LogP contribution in [0.15, 0.2) is 133 Å². The fourth-order valence-electron chi connectivity index (χ4n) is 7.33. The van der Waals surface area contributed by atoms with Crippen LogP contribution in [0.5, 0.6) is 0 Å². The van der Waals surface area contributed by atoms with Crippen LogP contribution in [-0.4, -0.2) is 19.5 Å². The molecule has 240 valence electrons. The molecule has 1 aliphatic carbocycles. The molecule has 0 unspecified atom stereocenters. The molecule has 4 nitrogen and oxygen atoms in total. The smallest absolute Gasteiger partial charge is 0.173 e. The minimum Gasteiger partial charge on any atom is -0.312 e. The molecule has 6 heteroatoms. The van der Waals surface area contributed by atoms with Gasteiger partial charge in [-0.05, 0) is 61.4 Å². The fourth-order valence-corrected chi connectivity index (χ4v) is 8.43. The van der Waals surface area contributed by atoms with Crippen molar-refractivity contribution in [3.05, 3.63) is 163 Å². The first-order chi connectivity index (χ1) is 25.2. The van der Waals surface area contributed by atoms with Crippen molar-refractivity contribution in [2.24, 2.45) is 0 Å². The number of thiophene rings is 1. The predicted octanol–water partition coefficient (Wildman–Crippen LogP) is 11.6. The lowest BCUT2D eigenvalue weighted by Gasteiger charge is -2.18. The van der Waals surface area contributed by atoms with E-state index in [4.69, 9.17) is 15.0 Å². The van der Waals surface area contributed by atoms with E-state index in [-0.39, 0.29) is 0 Å². The first-order valence-corrected chi connectivity index (χ1v) is 17.8. The van der Waals surface area contributed by atoms with Crippen molar-refractivity contribution in [3.8, 4) is 51.0 Å². The highest BCUT2D eigenvalue weighted by Crippen LogP contribution is 2.45. The zero-order chi connectivity index (χ0) is 33.9. The third kappa shape index (κ3) is 4.93. The number of aromatic nitrogens is 4. The molecule has 9 aromatic rings. The third-order valence-electron chi connectivity index (χ3n) is 9.64. The zero-order valence-corrected chi connectivity index (χ0v) is 28.1. The van der Waals surface area contributed by atoms with Crippen LogP contribution in [0.2, 0.25) is 0 Å².